The first-order chi connectivity index (χ1) is 13.0. The molecule has 0 radical (unpaired) electrons. The molecule has 1 unspecified atom stereocenters. The number of carbonyl (C=O) groups excluding carboxylic acids is 1. The number of ether oxygens (including phenoxy) is 3. The van der Waals surface area contributed by atoms with Gasteiger partial charge in [0.15, 0.2) is 11.5 Å². The molecule has 1 aromatic heterocycles. The van der Waals surface area contributed by atoms with E-state index in [2.05, 4.69) is 15.4 Å². The van der Waals surface area contributed by atoms with Gasteiger partial charge in [-0.1, -0.05) is 5.16 Å². The van der Waals surface area contributed by atoms with Gasteiger partial charge in [-0.25, -0.2) is 0 Å². The summed E-state index contributed by atoms with van der Waals surface area (Å²) in [5, 5.41) is 7.02. The van der Waals surface area contributed by atoms with Crippen LogP contribution in [0.5, 0.6) is 17.2 Å². The summed E-state index contributed by atoms with van der Waals surface area (Å²) in [6, 6.07) is 5.46. The van der Waals surface area contributed by atoms with Crippen LogP contribution >= 0.6 is 0 Å². The van der Waals surface area contributed by atoms with Crippen LogP contribution in [-0.2, 0) is 4.79 Å². The van der Waals surface area contributed by atoms with Crippen molar-refractivity contribution in [1.29, 1.82) is 0 Å². The number of hydrogen-bond donors (Lipinski definition) is 1. The third-order valence-corrected chi connectivity index (χ3v) is 4.65. The highest BCUT2D eigenvalue weighted by Crippen LogP contribution is 2.40. The Balaban J connectivity index is 1.70. The molecule has 8 heteroatoms. The van der Waals surface area contributed by atoms with Gasteiger partial charge in [0.1, 0.15) is 11.5 Å². The summed E-state index contributed by atoms with van der Waals surface area (Å²) >= 11 is 0. The summed E-state index contributed by atoms with van der Waals surface area (Å²) in [7, 11) is 4.62. The van der Waals surface area contributed by atoms with E-state index in [0.29, 0.717) is 22.9 Å². The predicted octanol–water partition coefficient (Wildman–Crippen LogP) is 2.78. The lowest BCUT2D eigenvalue weighted by Crippen LogP contribution is -2.33. The Morgan fingerprint density at radius 1 is 1.22 bits per heavy atom. The molecule has 0 bridgehead atoms. The number of nitrogens with one attached hydrogen (secondary N) is 1. The van der Waals surface area contributed by atoms with Crippen LogP contribution < -0.4 is 19.5 Å². The number of rotatable bonds is 7. The topological polar surface area (TPSA) is 86.1 Å². The van der Waals surface area contributed by atoms with Gasteiger partial charge in [0.25, 0.3) is 0 Å². The molecule has 2 heterocycles. The molecule has 2 aromatic rings. The van der Waals surface area contributed by atoms with Gasteiger partial charge in [-0.3, -0.25) is 9.69 Å². The summed E-state index contributed by atoms with van der Waals surface area (Å²) < 4.78 is 21.1. The molecule has 1 N–H and O–H groups in total. The minimum Gasteiger partial charge on any atom is -0.493 e. The maximum atomic E-state index is 12.6. The lowest BCUT2D eigenvalue weighted by molar-refractivity contribution is -0.117. The molecule has 1 amide bonds. The largest absolute Gasteiger partial charge is 0.493 e. The van der Waals surface area contributed by atoms with Crippen molar-refractivity contribution >= 4 is 11.6 Å². The molecule has 1 fully saturated rings. The average molecular weight is 375 g/mol. The molecule has 0 spiro atoms. The third-order valence-electron chi connectivity index (χ3n) is 4.65. The quantitative estimate of drug-likeness (QED) is 0.796. The zero-order valence-electron chi connectivity index (χ0n) is 16.1. The SMILES string of the molecule is COc1cc(NC(=O)CN2CCCC2c2cc(C)on2)cc(OC)c1OC. The van der Waals surface area contributed by atoms with E-state index in [1.54, 1.807) is 12.1 Å². The maximum Gasteiger partial charge on any atom is 0.238 e. The van der Waals surface area contributed by atoms with Crippen LogP contribution in [0.2, 0.25) is 0 Å². The van der Waals surface area contributed by atoms with Gasteiger partial charge in [-0.15, -0.1) is 0 Å². The Bertz CT molecular complexity index is 779. The molecule has 0 aliphatic carbocycles. The van der Waals surface area contributed by atoms with Crippen LogP contribution in [-0.4, -0.2) is 50.4 Å². The number of anilines is 1. The van der Waals surface area contributed by atoms with Crippen molar-refractivity contribution in [1.82, 2.24) is 10.1 Å². The number of carbonyl (C=O) groups is 1. The maximum absolute atomic E-state index is 12.6. The number of amides is 1. The monoisotopic (exact) mass is 375 g/mol. The van der Waals surface area contributed by atoms with Crippen LogP contribution in [0.25, 0.3) is 0 Å². The predicted molar refractivity (Wildman–Crippen MR) is 99.5 cm³/mol. The van der Waals surface area contributed by atoms with Crippen molar-refractivity contribution < 1.29 is 23.5 Å². The Morgan fingerprint density at radius 2 is 1.93 bits per heavy atom. The molecule has 146 valence electrons. The summed E-state index contributed by atoms with van der Waals surface area (Å²) in [6.07, 6.45) is 1.98. The summed E-state index contributed by atoms with van der Waals surface area (Å²) in [4.78, 5) is 14.7. The van der Waals surface area contributed by atoms with Gasteiger partial charge in [0.05, 0.1) is 33.9 Å². The lowest BCUT2D eigenvalue weighted by Gasteiger charge is -2.22. The normalized spacial score (nSPS) is 17.0. The Labute approximate surface area is 158 Å². The standard InChI is InChI=1S/C19H25N3O5/c1-12-8-14(21-27-12)15-6-5-7-22(15)11-18(23)20-13-9-16(24-2)19(26-4)17(10-13)25-3/h8-10,15H,5-7,11H2,1-4H3,(H,20,23). The second kappa shape index (κ2) is 8.30. The fourth-order valence-corrected chi connectivity index (χ4v) is 3.43. The van der Waals surface area contributed by atoms with Crippen LogP contribution in [0.3, 0.4) is 0 Å². The van der Waals surface area contributed by atoms with E-state index < -0.39 is 0 Å². The van der Waals surface area contributed by atoms with Crippen molar-refractivity contribution in [2.45, 2.75) is 25.8 Å². The van der Waals surface area contributed by atoms with Gasteiger partial charge in [-0.05, 0) is 26.3 Å². The number of hydrogen-bond acceptors (Lipinski definition) is 7. The van der Waals surface area contributed by atoms with E-state index in [1.807, 2.05) is 13.0 Å². The summed E-state index contributed by atoms with van der Waals surface area (Å²) in [6.45, 7) is 2.99. The van der Waals surface area contributed by atoms with Gasteiger partial charge in [-0.2, -0.15) is 0 Å². The summed E-state index contributed by atoms with van der Waals surface area (Å²) in [5.74, 6) is 2.13. The molecule has 27 heavy (non-hydrogen) atoms. The first kappa shape index (κ1) is 19.0. The molecule has 1 aliphatic heterocycles. The van der Waals surface area contributed by atoms with E-state index in [9.17, 15) is 4.79 Å². The first-order valence-electron chi connectivity index (χ1n) is 8.82. The Kier molecular flexibility index (Phi) is 5.85. The molecule has 1 aliphatic rings. The van der Waals surface area contributed by atoms with Crippen molar-refractivity contribution in [2.75, 3.05) is 39.7 Å². The van der Waals surface area contributed by atoms with E-state index in [1.165, 1.54) is 21.3 Å². The van der Waals surface area contributed by atoms with Crippen LogP contribution in [0.4, 0.5) is 5.69 Å². The fourth-order valence-electron chi connectivity index (χ4n) is 3.43. The first-order valence-corrected chi connectivity index (χ1v) is 8.82. The number of likely N-dealkylation sites (tertiary alicyclic amines) is 1. The fraction of sp³-hybridized carbons (Fsp3) is 0.474. The van der Waals surface area contributed by atoms with Gasteiger partial charge < -0.3 is 24.1 Å². The number of benzene rings is 1. The highest BCUT2D eigenvalue weighted by molar-refractivity contribution is 5.93. The molecule has 1 aromatic carbocycles. The zero-order chi connectivity index (χ0) is 19.4. The van der Waals surface area contributed by atoms with Crippen LogP contribution in [0, 0.1) is 6.92 Å². The van der Waals surface area contributed by atoms with Crippen molar-refractivity contribution in [3.8, 4) is 17.2 Å². The minimum atomic E-state index is -0.114. The van der Waals surface area contributed by atoms with Gasteiger partial charge in [0, 0.05) is 23.9 Å². The molecule has 8 nitrogen and oxygen atoms in total. The summed E-state index contributed by atoms with van der Waals surface area (Å²) in [5.41, 5.74) is 1.47. The highest BCUT2D eigenvalue weighted by atomic mass is 16.5. The van der Waals surface area contributed by atoms with Crippen molar-refractivity contribution in [3.05, 3.63) is 29.7 Å². The third kappa shape index (κ3) is 4.16. The zero-order valence-corrected chi connectivity index (χ0v) is 16.1. The molecule has 0 saturated carbocycles. The molecular formula is C19H25N3O5. The van der Waals surface area contributed by atoms with Crippen molar-refractivity contribution in [3.63, 3.8) is 0 Å². The second-order valence-corrected chi connectivity index (χ2v) is 6.45. The molecule has 3 rings (SSSR count). The second-order valence-electron chi connectivity index (χ2n) is 6.45. The number of methoxy groups -OCH3 is 3. The molecular weight excluding hydrogens is 350 g/mol. The number of aromatic nitrogens is 1. The lowest BCUT2D eigenvalue weighted by atomic mass is 10.1. The Hall–Kier alpha value is -2.74. The number of aryl methyl sites for hydroxylation is 1. The van der Waals surface area contributed by atoms with Crippen LogP contribution in [0.15, 0.2) is 22.7 Å². The molecule has 1 saturated heterocycles. The van der Waals surface area contributed by atoms with Gasteiger partial charge in [0.2, 0.25) is 11.7 Å². The number of nitrogens with zero attached hydrogens (tertiary/aromatic N) is 2. The highest BCUT2D eigenvalue weighted by Gasteiger charge is 2.30. The smallest absolute Gasteiger partial charge is 0.238 e. The van der Waals surface area contributed by atoms with E-state index >= 15 is 0 Å². The van der Waals surface area contributed by atoms with Crippen molar-refractivity contribution in [2.24, 2.45) is 0 Å². The van der Waals surface area contributed by atoms with E-state index in [4.69, 9.17) is 18.7 Å². The van der Waals surface area contributed by atoms with Gasteiger partial charge >= 0.3 is 0 Å². The minimum absolute atomic E-state index is 0.105. The molecule has 1 atom stereocenters. The van der Waals surface area contributed by atoms with E-state index in [0.717, 1.165) is 30.8 Å². The van der Waals surface area contributed by atoms with E-state index in [-0.39, 0.29) is 18.5 Å². The average Bonchev–Trinajstić information content (AvgIpc) is 3.29. The van der Waals surface area contributed by atoms with Crippen LogP contribution in [0.1, 0.15) is 30.3 Å². The Morgan fingerprint density at radius 3 is 2.48 bits per heavy atom.